The fourth-order valence-corrected chi connectivity index (χ4v) is 3.34. The van der Waals surface area contributed by atoms with Gasteiger partial charge >= 0.3 is 0 Å². The Kier molecular flexibility index (Phi) is 4.59. The molecule has 2 aliphatic rings. The third-order valence-corrected chi connectivity index (χ3v) is 4.74. The third kappa shape index (κ3) is 4.94. The van der Waals surface area contributed by atoms with Crippen LogP contribution in [-0.4, -0.2) is 50.7 Å². The van der Waals surface area contributed by atoms with E-state index in [1.807, 2.05) is 0 Å². The summed E-state index contributed by atoms with van der Waals surface area (Å²) < 4.78 is 24.7. The third-order valence-electron chi connectivity index (χ3n) is 4.14. The molecule has 23 heavy (non-hydrogen) atoms. The molecule has 1 aromatic carbocycles. The topological polar surface area (TPSA) is 78.5 Å². The summed E-state index contributed by atoms with van der Waals surface area (Å²) in [5, 5.41) is 2.94. The minimum Gasteiger partial charge on any atom is -0.351 e. The molecule has 0 aliphatic heterocycles. The highest BCUT2D eigenvalue weighted by atomic mass is 32.2. The molecule has 0 saturated heterocycles. The van der Waals surface area contributed by atoms with Gasteiger partial charge in [0.1, 0.15) is 0 Å². The second kappa shape index (κ2) is 6.49. The number of nitrogens with zero attached hydrogens (tertiary/aromatic N) is 1. The monoisotopic (exact) mass is 337 g/mol. The lowest BCUT2D eigenvalue weighted by molar-refractivity contribution is 0.0946. The SMILES string of the molecule is CS(=O)(=O)Nc1ccc(C(=O)NCCN(C2CC2)C2CC2)cc1. The first kappa shape index (κ1) is 16.3. The van der Waals surface area contributed by atoms with E-state index in [0.717, 1.165) is 24.9 Å². The largest absolute Gasteiger partial charge is 0.351 e. The van der Waals surface area contributed by atoms with Gasteiger partial charge < -0.3 is 5.32 Å². The predicted molar refractivity (Wildman–Crippen MR) is 90.0 cm³/mol. The summed E-state index contributed by atoms with van der Waals surface area (Å²) in [4.78, 5) is 14.7. The molecule has 2 aliphatic carbocycles. The number of anilines is 1. The molecular formula is C16H23N3O3S. The molecule has 2 fully saturated rings. The smallest absolute Gasteiger partial charge is 0.251 e. The van der Waals surface area contributed by atoms with Crippen LogP contribution in [0, 0.1) is 0 Å². The summed E-state index contributed by atoms with van der Waals surface area (Å²) in [5.74, 6) is -0.123. The zero-order valence-corrected chi connectivity index (χ0v) is 14.1. The Morgan fingerprint density at radius 2 is 1.70 bits per heavy atom. The maximum Gasteiger partial charge on any atom is 0.251 e. The molecule has 0 atom stereocenters. The number of rotatable bonds is 8. The zero-order chi connectivity index (χ0) is 16.4. The van der Waals surface area contributed by atoms with Gasteiger partial charge in [-0.1, -0.05) is 0 Å². The van der Waals surface area contributed by atoms with E-state index in [4.69, 9.17) is 0 Å². The summed E-state index contributed by atoms with van der Waals surface area (Å²) >= 11 is 0. The Morgan fingerprint density at radius 3 is 2.17 bits per heavy atom. The highest BCUT2D eigenvalue weighted by Crippen LogP contribution is 2.36. The minimum absolute atomic E-state index is 0.123. The Bertz CT molecular complexity index is 652. The van der Waals surface area contributed by atoms with Gasteiger partial charge in [0.15, 0.2) is 0 Å². The van der Waals surface area contributed by atoms with E-state index in [1.54, 1.807) is 24.3 Å². The van der Waals surface area contributed by atoms with Crippen LogP contribution >= 0.6 is 0 Å². The molecule has 2 N–H and O–H groups in total. The lowest BCUT2D eigenvalue weighted by Gasteiger charge is -2.21. The van der Waals surface area contributed by atoms with Crippen LogP contribution in [-0.2, 0) is 10.0 Å². The quantitative estimate of drug-likeness (QED) is 0.752. The zero-order valence-electron chi connectivity index (χ0n) is 13.3. The standard InChI is InChI=1S/C16H23N3O3S/c1-23(21,22)18-13-4-2-12(3-5-13)16(20)17-10-11-19(14-6-7-14)15-8-9-15/h2-5,14-15,18H,6-11H2,1H3,(H,17,20). The van der Waals surface area contributed by atoms with Crippen molar-refractivity contribution in [2.45, 2.75) is 37.8 Å². The molecule has 0 radical (unpaired) electrons. The number of carbonyl (C=O) groups is 1. The number of carbonyl (C=O) groups excluding carboxylic acids is 1. The minimum atomic E-state index is -3.29. The number of nitrogens with one attached hydrogen (secondary N) is 2. The van der Waals surface area contributed by atoms with Gasteiger partial charge in [-0.3, -0.25) is 14.4 Å². The van der Waals surface area contributed by atoms with Gasteiger partial charge in [0.2, 0.25) is 10.0 Å². The lowest BCUT2D eigenvalue weighted by Crippen LogP contribution is -2.37. The van der Waals surface area contributed by atoms with Gasteiger partial charge in [0, 0.05) is 36.4 Å². The van der Waals surface area contributed by atoms with Crippen molar-refractivity contribution in [3.8, 4) is 0 Å². The first-order valence-corrected chi connectivity index (χ1v) is 9.93. The van der Waals surface area contributed by atoms with E-state index in [2.05, 4.69) is 14.9 Å². The van der Waals surface area contributed by atoms with Gasteiger partial charge in [-0.2, -0.15) is 0 Å². The summed E-state index contributed by atoms with van der Waals surface area (Å²) in [7, 11) is -3.29. The summed E-state index contributed by atoms with van der Waals surface area (Å²) in [5.41, 5.74) is 0.992. The molecule has 3 rings (SSSR count). The predicted octanol–water partition coefficient (Wildman–Crippen LogP) is 1.41. The van der Waals surface area contributed by atoms with Gasteiger partial charge in [-0.15, -0.1) is 0 Å². The van der Waals surface area contributed by atoms with Gasteiger partial charge in [-0.25, -0.2) is 8.42 Å². The highest BCUT2D eigenvalue weighted by Gasteiger charge is 2.38. The first-order chi connectivity index (χ1) is 10.9. The molecule has 0 bridgehead atoms. The van der Waals surface area contributed by atoms with E-state index in [0.29, 0.717) is 17.8 Å². The van der Waals surface area contributed by atoms with Crippen LogP contribution in [0.25, 0.3) is 0 Å². The van der Waals surface area contributed by atoms with Crippen LogP contribution in [0.15, 0.2) is 24.3 Å². The molecule has 0 heterocycles. The molecule has 0 spiro atoms. The van der Waals surface area contributed by atoms with Crippen LogP contribution in [0.3, 0.4) is 0 Å². The molecule has 2 saturated carbocycles. The van der Waals surface area contributed by atoms with Crippen LogP contribution in [0.1, 0.15) is 36.0 Å². The summed E-state index contributed by atoms with van der Waals surface area (Å²) in [6, 6.07) is 7.92. The summed E-state index contributed by atoms with van der Waals surface area (Å²) in [6.07, 6.45) is 6.26. The molecule has 126 valence electrons. The fourth-order valence-electron chi connectivity index (χ4n) is 2.78. The van der Waals surface area contributed by atoms with Crippen molar-refractivity contribution >= 4 is 21.6 Å². The van der Waals surface area contributed by atoms with Gasteiger partial charge in [-0.05, 0) is 49.9 Å². The molecule has 1 amide bonds. The number of benzene rings is 1. The molecule has 0 unspecified atom stereocenters. The maximum absolute atomic E-state index is 12.1. The number of hydrogen-bond donors (Lipinski definition) is 2. The van der Waals surface area contributed by atoms with Gasteiger partial charge in [0.25, 0.3) is 5.91 Å². The Hall–Kier alpha value is -1.60. The molecule has 7 heteroatoms. The Morgan fingerprint density at radius 1 is 1.13 bits per heavy atom. The molecule has 6 nitrogen and oxygen atoms in total. The van der Waals surface area contributed by atoms with Crippen LogP contribution in [0.2, 0.25) is 0 Å². The number of sulfonamides is 1. The molecule has 0 aromatic heterocycles. The summed E-state index contributed by atoms with van der Waals surface area (Å²) in [6.45, 7) is 1.56. The van der Waals surface area contributed by atoms with Crippen LogP contribution < -0.4 is 10.0 Å². The molecular weight excluding hydrogens is 314 g/mol. The fraction of sp³-hybridized carbons (Fsp3) is 0.562. The van der Waals surface area contributed by atoms with Crippen LogP contribution in [0.5, 0.6) is 0 Å². The number of amides is 1. The van der Waals surface area contributed by atoms with Gasteiger partial charge in [0.05, 0.1) is 6.26 Å². The van der Waals surface area contributed by atoms with Crippen molar-refractivity contribution in [1.29, 1.82) is 0 Å². The first-order valence-electron chi connectivity index (χ1n) is 8.04. The van der Waals surface area contributed by atoms with E-state index in [9.17, 15) is 13.2 Å². The average molecular weight is 337 g/mol. The second-order valence-corrected chi connectivity index (χ2v) is 8.16. The normalized spacial score (nSPS) is 18.0. The van der Waals surface area contributed by atoms with E-state index >= 15 is 0 Å². The molecule has 1 aromatic rings. The Balaban J connectivity index is 1.47. The highest BCUT2D eigenvalue weighted by molar-refractivity contribution is 7.92. The average Bonchev–Trinajstić information content (AvgIpc) is 3.36. The van der Waals surface area contributed by atoms with Crippen molar-refractivity contribution in [3.05, 3.63) is 29.8 Å². The Labute approximate surface area is 137 Å². The van der Waals surface area contributed by atoms with E-state index in [1.165, 1.54) is 25.7 Å². The van der Waals surface area contributed by atoms with Crippen molar-refractivity contribution in [3.63, 3.8) is 0 Å². The number of hydrogen-bond acceptors (Lipinski definition) is 4. The lowest BCUT2D eigenvalue weighted by atomic mass is 10.2. The van der Waals surface area contributed by atoms with Crippen LogP contribution in [0.4, 0.5) is 5.69 Å². The van der Waals surface area contributed by atoms with Crippen molar-refractivity contribution < 1.29 is 13.2 Å². The second-order valence-electron chi connectivity index (χ2n) is 6.41. The van der Waals surface area contributed by atoms with Crippen molar-refractivity contribution in [2.75, 3.05) is 24.1 Å². The maximum atomic E-state index is 12.1. The van der Waals surface area contributed by atoms with E-state index in [-0.39, 0.29) is 5.91 Å². The van der Waals surface area contributed by atoms with Crippen molar-refractivity contribution in [2.24, 2.45) is 0 Å². The van der Waals surface area contributed by atoms with E-state index < -0.39 is 10.0 Å². The van der Waals surface area contributed by atoms with Crippen molar-refractivity contribution in [1.82, 2.24) is 10.2 Å².